The lowest BCUT2D eigenvalue weighted by atomic mass is 10.1. The SMILES string of the molecule is CC(=NO)c1ccc(Sc2ccccc2)c([N+](=O)[O-])c1.CC(=O)c1ccc(Sc2ccccc2)c([N+](=O)[O-])c1.N#Cc1cc(C(F)(F)F)ccc1Sc1ccccc1. The average Bonchev–Trinajstić information content (AvgIpc) is 3.22. The number of nitro groups is 2. The Morgan fingerprint density at radius 2 is 1.03 bits per heavy atom. The summed E-state index contributed by atoms with van der Waals surface area (Å²) in [5.74, 6) is -0.181. The van der Waals surface area contributed by atoms with Crippen LogP contribution in [0.4, 0.5) is 24.5 Å². The third-order valence-corrected chi connectivity index (χ3v) is 10.9. The molecule has 6 aromatic carbocycles. The first-order chi connectivity index (χ1) is 27.7. The summed E-state index contributed by atoms with van der Waals surface area (Å²) in [6, 6.07) is 42.4. The van der Waals surface area contributed by atoms with Gasteiger partial charge in [-0.3, -0.25) is 25.0 Å². The van der Waals surface area contributed by atoms with E-state index in [-0.39, 0.29) is 22.7 Å². The van der Waals surface area contributed by atoms with Crippen LogP contribution in [0.15, 0.2) is 180 Å². The molecule has 0 spiro atoms. The van der Waals surface area contributed by atoms with Crippen molar-refractivity contribution in [3.8, 4) is 6.07 Å². The molecule has 6 rings (SSSR count). The van der Waals surface area contributed by atoms with Gasteiger partial charge in [-0.05, 0) is 86.6 Å². The van der Waals surface area contributed by atoms with E-state index in [2.05, 4.69) is 5.16 Å². The van der Waals surface area contributed by atoms with Crippen LogP contribution in [0.3, 0.4) is 0 Å². The number of nitriles is 1. The summed E-state index contributed by atoms with van der Waals surface area (Å²) in [7, 11) is 0. The van der Waals surface area contributed by atoms with Crippen LogP contribution in [0.2, 0.25) is 0 Å². The van der Waals surface area contributed by atoms with Gasteiger partial charge in [0.1, 0.15) is 6.07 Å². The second-order valence-electron chi connectivity index (χ2n) is 11.7. The Balaban J connectivity index is 0.000000193. The van der Waals surface area contributed by atoms with Gasteiger partial charge in [0.05, 0.1) is 36.5 Å². The Morgan fingerprint density at radius 3 is 1.41 bits per heavy atom. The van der Waals surface area contributed by atoms with Crippen LogP contribution in [-0.4, -0.2) is 26.5 Å². The minimum absolute atomic E-state index is 0.000599. The highest BCUT2D eigenvalue weighted by molar-refractivity contribution is 8.00. The van der Waals surface area contributed by atoms with Gasteiger partial charge in [0.2, 0.25) is 0 Å². The molecule has 0 unspecified atom stereocenters. The third-order valence-electron chi connectivity index (χ3n) is 7.63. The molecule has 1 N–H and O–H groups in total. The fourth-order valence-electron chi connectivity index (χ4n) is 4.72. The molecular formula is C42H31F3N4O6S3. The maximum atomic E-state index is 12.5. The summed E-state index contributed by atoms with van der Waals surface area (Å²) < 4.78 is 37.6. The van der Waals surface area contributed by atoms with Crippen LogP contribution < -0.4 is 0 Å². The zero-order chi connectivity index (χ0) is 42.2. The maximum absolute atomic E-state index is 12.5. The smallest absolute Gasteiger partial charge is 0.411 e. The fourth-order valence-corrected chi connectivity index (χ4v) is 7.46. The number of Topliss-reactive ketones (excluding diaryl/α,β-unsaturated/α-hetero) is 1. The highest BCUT2D eigenvalue weighted by Gasteiger charge is 2.31. The number of hydrogen-bond acceptors (Lipinski definition) is 11. The second kappa shape index (κ2) is 21.2. The molecule has 16 heteroatoms. The quantitative estimate of drug-likeness (QED) is 0.0462. The summed E-state index contributed by atoms with van der Waals surface area (Å²) in [5, 5.41) is 43.0. The van der Waals surface area contributed by atoms with Gasteiger partial charge >= 0.3 is 6.18 Å². The Kier molecular flexibility index (Phi) is 16.2. The molecule has 0 bridgehead atoms. The van der Waals surface area contributed by atoms with E-state index in [1.54, 1.807) is 31.2 Å². The van der Waals surface area contributed by atoms with Crippen molar-refractivity contribution in [1.82, 2.24) is 0 Å². The van der Waals surface area contributed by atoms with E-state index in [1.165, 1.54) is 60.4 Å². The molecule has 0 radical (unpaired) electrons. The summed E-state index contributed by atoms with van der Waals surface area (Å²) in [6.45, 7) is 2.98. The summed E-state index contributed by atoms with van der Waals surface area (Å²) in [5.41, 5.74) is 0.399. The standard InChI is InChI=1S/C14H8F3NS.C14H12N2O3S.C14H11NO3S/c15-14(16,17)11-6-7-13(10(8-11)9-18)19-12-4-2-1-3-5-12;1-10(15-17)11-7-8-14(13(9-11)16(18)19)20-12-5-3-2-4-6-12;1-10(16)11-7-8-14(13(9-11)15(17)18)19-12-5-3-2-4-6-12/h1-8H;2-9,17H,1H3;2-9H,1H3. The second-order valence-corrected chi connectivity index (χ2v) is 15.0. The van der Waals surface area contributed by atoms with Gasteiger partial charge in [-0.25, -0.2) is 0 Å². The Hall–Kier alpha value is -6.41. The predicted octanol–water partition coefficient (Wildman–Crippen LogP) is 12.6. The number of rotatable bonds is 10. The van der Waals surface area contributed by atoms with Crippen LogP contribution in [-0.2, 0) is 6.18 Å². The molecule has 0 saturated carbocycles. The lowest BCUT2D eigenvalue weighted by molar-refractivity contribution is -0.387. The highest BCUT2D eigenvalue weighted by Crippen LogP contribution is 2.37. The van der Waals surface area contributed by atoms with E-state index in [0.717, 1.165) is 26.8 Å². The molecular weight excluding hydrogens is 810 g/mol. The van der Waals surface area contributed by atoms with Crippen LogP contribution >= 0.6 is 35.3 Å². The van der Waals surface area contributed by atoms with Crippen LogP contribution in [0.5, 0.6) is 0 Å². The number of carbonyl (C=O) groups excluding carboxylic acids is 1. The van der Waals surface area contributed by atoms with E-state index in [9.17, 15) is 38.2 Å². The minimum atomic E-state index is -4.43. The van der Waals surface area contributed by atoms with Crippen molar-refractivity contribution >= 4 is 58.2 Å². The van der Waals surface area contributed by atoms with Crippen LogP contribution in [0.1, 0.15) is 40.9 Å². The van der Waals surface area contributed by atoms with Gasteiger partial charge in [-0.15, -0.1) is 0 Å². The van der Waals surface area contributed by atoms with Gasteiger partial charge in [-0.1, -0.05) is 101 Å². The first kappa shape index (κ1) is 44.3. The van der Waals surface area contributed by atoms with Crippen molar-refractivity contribution in [2.75, 3.05) is 0 Å². The largest absolute Gasteiger partial charge is 0.416 e. The van der Waals surface area contributed by atoms with Crippen molar-refractivity contribution in [3.05, 3.63) is 188 Å². The highest BCUT2D eigenvalue weighted by atomic mass is 32.2. The van der Waals surface area contributed by atoms with Crippen molar-refractivity contribution < 1.29 is 33.0 Å². The van der Waals surface area contributed by atoms with Gasteiger partial charge in [-0.2, -0.15) is 18.4 Å². The molecule has 0 aliphatic carbocycles. The average molecular weight is 841 g/mol. The topological polar surface area (TPSA) is 160 Å². The van der Waals surface area contributed by atoms with Gasteiger partial charge < -0.3 is 5.21 Å². The number of ketones is 1. The van der Waals surface area contributed by atoms with E-state index < -0.39 is 21.6 Å². The Labute approximate surface area is 343 Å². The van der Waals surface area contributed by atoms with Gasteiger partial charge in [0.15, 0.2) is 5.78 Å². The number of halogens is 3. The maximum Gasteiger partial charge on any atom is 0.416 e. The van der Waals surface area contributed by atoms with Crippen molar-refractivity contribution in [3.63, 3.8) is 0 Å². The molecule has 0 aliphatic rings. The number of alkyl halides is 3. The number of hydrogen-bond donors (Lipinski definition) is 1. The molecule has 0 saturated heterocycles. The normalized spacial score (nSPS) is 10.9. The predicted molar refractivity (Wildman–Crippen MR) is 218 cm³/mol. The number of carbonyl (C=O) groups is 1. The molecule has 0 heterocycles. The number of nitrogens with zero attached hydrogens (tertiary/aromatic N) is 4. The number of oxime groups is 1. The number of benzene rings is 6. The monoisotopic (exact) mass is 840 g/mol. The third kappa shape index (κ3) is 13.1. The van der Waals surface area contributed by atoms with Gasteiger partial charge in [0, 0.05) is 42.8 Å². The first-order valence-corrected chi connectivity index (χ1v) is 19.2. The van der Waals surface area contributed by atoms with Crippen LogP contribution in [0.25, 0.3) is 0 Å². The zero-order valence-electron chi connectivity index (χ0n) is 30.5. The number of nitro benzene ring substituents is 2. The van der Waals surface area contributed by atoms with E-state index in [4.69, 9.17) is 10.5 Å². The van der Waals surface area contributed by atoms with Gasteiger partial charge in [0.25, 0.3) is 11.4 Å². The lowest BCUT2D eigenvalue weighted by Crippen LogP contribution is -2.05. The molecule has 0 aliphatic heterocycles. The molecule has 10 nitrogen and oxygen atoms in total. The Morgan fingerprint density at radius 1 is 0.638 bits per heavy atom. The summed E-state index contributed by atoms with van der Waals surface area (Å²) in [6.07, 6.45) is -4.43. The lowest BCUT2D eigenvalue weighted by Gasteiger charge is -2.09. The molecule has 294 valence electrons. The van der Waals surface area contributed by atoms with E-state index >= 15 is 0 Å². The molecule has 0 amide bonds. The van der Waals surface area contributed by atoms with E-state index in [0.29, 0.717) is 31.5 Å². The molecule has 0 atom stereocenters. The molecule has 0 fully saturated rings. The van der Waals surface area contributed by atoms with Crippen molar-refractivity contribution in [2.24, 2.45) is 5.16 Å². The minimum Gasteiger partial charge on any atom is -0.411 e. The van der Waals surface area contributed by atoms with E-state index in [1.807, 2.05) is 97.1 Å². The molecule has 0 aromatic heterocycles. The molecule has 6 aromatic rings. The first-order valence-electron chi connectivity index (χ1n) is 16.8. The summed E-state index contributed by atoms with van der Waals surface area (Å²) >= 11 is 3.90. The Bertz CT molecular complexity index is 2450. The van der Waals surface area contributed by atoms with Crippen LogP contribution in [0, 0.1) is 31.6 Å². The van der Waals surface area contributed by atoms with Crippen molar-refractivity contribution in [2.45, 2.75) is 49.4 Å². The summed E-state index contributed by atoms with van der Waals surface area (Å²) in [4.78, 5) is 36.9. The van der Waals surface area contributed by atoms with Crippen molar-refractivity contribution in [1.29, 1.82) is 5.26 Å². The zero-order valence-corrected chi connectivity index (χ0v) is 32.9. The molecule has 58 heavy (non-hydrogen) atoms. The fraction of sp³-hybridized carbons (Fsp3) is 0.0714.